The fourth-order valence-electron chi connectivity index (χ4n) is 7.25. The van der Waals surface area contributed by atoms with E-state index < -0.39 is 0 Å². The smallest absolute Gasteiger partial charge is 0.120 e. The van der Waals surface area contributed by atoms with Gasteiger partial charge in [-0.15, -0.1) is 0 Å². The number of nitrogens with zero attached hydrogens (tertiary/aromatic N) is 4. The maximum atomic E-state index is 11.3. The summed E-state index contributed by atoms with van der Waals surface area (Å²) in [5.74, 6) is 0.442. The third-order valence-corrected chi connectivity index (χ3v) is 10.5. The highest BCUT2D eigenvalue weighted by Crippen LogP contribution is 2.41. The van der Waals surface area contributed by atoms with Gasteiger partial charge < -0.3 is 20.8 Å². The number of hydrogen-bond donors (Lipinski definition) is 4. The zero-order valence-corrected chi connectivity index (χ0v) is 30.4. The van der Waals surface area contributed by atoms with Crippen LogP contribution in [0.4, 0.5) is 22.7 Å². The molecule has 0 aliphatic carbocycles. The van der Waals surface area contributed by atoms with Crippen molar-refractivity contribution in [2.45, 2.75) is 59.0 Å². The van der Waals surface area contributed by atoms with Crippen molar-refractivity contribution in [3.8, 4) is 11.5 Å². The van der Waals surface area contributed by atoms with E-state index in [1.807, 2.05) is 48.5 Å². The van der Waals surface area contributed by atoms with E-state index in [1.54, 1.807) is 24.5 Å². The Bertz CT molecular complexity index is 2240. The quantitative estimate of drug-likeness (QED) is 0.138. The summed E-state index contributed by atoms with van der Waals surface area (Å²) in [5.41, 5.74) is 15.2. The number of rotatable bonds is 6. The number of aryl methyl sites for hydroxylation is 4. The molecule has 2 atom stereocenters. The van der Waals surface area contributed by atoms with Crippen LogP contribution in [0.3, 0.4) is 0 Å². The first-order valence-electron chi connectivity index (χ1n) is 18.1. The van der Waals surface area contributed by atoms with Gasteiger partial charge >= 0.3 is 0 Å². The average Bonchev–Trinajstić information content (AvgIpc) is 3.46. The first-order valence-corrected chi connectivity index (χ1v) is 18.1. The van der Waals surface area contributed by atoms with Gasteiger partial charge in [0, 0.05) is 36.4 Å². The van der Waals surface area contributed by atoms with Crippen molar-refractivity contribution in [1.82, 2.24) is 9.97 Å². The molecule has 2 unspecified atom stereocenters. The van der Waals surface area contributed by atoms with Gasteiger partial charge in [-0.1, -0.05) is 24.3 Å². The van der Waals surface area contributed by atoms with Crippen molar-refractivity contribution in [3.63, 3.8) is 0 Å². The monoisotopic (exact) mass is 698 g/mol. The Morgan fingerprint density at radius 2 is 0.981 bits per heavy atom. The molecule has 0 saturated heterocycles. The molecule has 264 valence electrons. The number of hydrogen-bond acceptors (Lipinski definition) is 8. The molecule has 0 spiro atoms. The molecule has 4 heterocycles. The lowest BCUT2D eigenvalue weighted by atomic mass is 9.92. The number of nitrogens with one attached hydrogen (secondary N) is 2. The second kappa shape index (κ2) is 14.0. The third-order valence-electron chi connectivity index (χ3n) is 10.5. The fraction of sp³-hybridized carbons (Fsp3) is 0.200. The maximum Gasteiger partial charge on any atom is 0.120 e. The van der Waals surface area contributed by atoms with Crippen LogP contribution in [-0.4, -0.2) is 31.6 Å². The van der Waals surface area contributed by atoms with E-state index in [-0.39, 0.29) is 23.6 Å². The molecule has 6 aromatic rings. The number of benzene rings is 4. The molecule has 0 saturated carbocycles. The number of anilines is 2. The number of phenolic OH excluding ortho intramolecular Hbond substituents is 2. The number of pyridine rings is 2. The van der Waals surface area contributed by atoms with Gasteiger partial charge in [0.25, 0.3) is 0 Å². The van der Waals surface area contributed by atoms with Crippen LogP contribution < -0.4 is 10.6 Å². The second-order valence-electron chi connectivity index (χ2n) is 14.2. The zero-order chi connectivity index (χ0) is 36.6. The molecule has 2 aliphatic heterocycles. The van der Waals surface area contributed by atoms with Crippen molar-refractivity contribution in [1.29, 1.82) is 0 Å². The van der Waals surface area contributed by atoms with Crippen LogP contribution in [0.5, 0.6) is 11.5 Å². The predicted molar refractivity (Wildman–Crippen MR) is 214 cm³/mol. The van der Waals surface area contributed by atoms with Crippen LogP contribution in [0.1, 0.15) is 80.8 Å². The van der Waals surface area contributed by atoms with Gasteiger partial charge in [-0.3, -0.25) is 9.97 Å². The fourth-order valence-corrected chi connectivity index (χ4v) is 7.25. The topological polar surface area (TPSA) is 115 Å². The molecule has 0 bridgehead atoms. The van der Waals surface area contributed by atoms with Crippen molar-refractivity contribution in [3.05, 3.63) is 165 Å². The Balaban J connectivity index is 1.12. The lowest BCUT2D eigenvalue weighted by molar-refractivity contribution is 0.464. The van der Waals surface area contributed by atoms with E-state index in [2.05, 4.69) is 84.7 Å². The molecule has 8 nitrogen and oxygen atoms in total. The van der Waals surface area contributed by atoms with E-state index in [1.165, 1.54) is 22.3 Å². The first-order chi connectivity index (χ1) is 25.7. The number of aromatic nitrogens is 2. The van der Waals surface area contributed by atoms with Gasteiger partial charge in [0.15, 0.2) is 0 Å². The average molecular weight is 699 g/mol. The second-order valence-corrected chi connectivity index (χ2v) is 14.2. The number of aliphatic imine (C=N–C) groups is 2. The van der Waals surface area contributed by atoms with Crippen molar-refractivity contribution in [2.75, 3.05) is 10.6 Å². The highest BCUT2D eigenvalue weighted by atomic mass is 16.3. The van der Waals surface area contributed by atoms with E-state index in [0.29, 0.717) is 19.3 Å². The highest BCUT2D eigenvalue weighted by Gasteiger charge is 2.27. The zero-order valence-electron chi connectivity index (χ0n) is 30.4. The molecule has 2 aromatic heterocycles. The van der Waals surface area contributed by atoms with Crippen LogP contribution in [-0.2, 0) is 6.42 Å². The Hall–Kier alpha value is -6.28. The van der Waals surface area contributed by atoms with Gasteiger partial charge in [-0.05, 0) is 140 Å². The summed E-state index contributed by atoms with van der Waals surface area (Å²) < 4.78 is 0. The Morgan fingerprint density at radius 3 is 1.40 bits per heavy atom. The Morgan fingerprint density at radius 1 is 0.547 bits per heavy atom. The minimum atomic E-state index is -0.249. The van der Waals surface area contributed by atoms with Crippen LogP contribution >= 0.6 is 0 Å². The van der Waals surface area contributed by atoms with Crippen molar-refractivity contribution < 1.29 is 10.2 Å². The lowest BCUT2D eigenvalue weighted by Gasteiger charge is -2.22. The molecular weight excluding hydrogens is 657 g/mol. The molecule has 0 radical (unpaired) electrons. The molecule has 8 heteroatoms. The van der Waals surface area contributed by atoms with Gasteiger partial charge in [-0.25, -0.2) is 9.98 Å². The van der Waals surface area contributed by atoms with E-state index in [0.717, 1.165) is 67.8 Å². The number of fused-ring (bicyclic) bond motifs is 2. The molecule has 4 aromatic carbocycles. The van der Waals surface area contributed by atoms with Crippen molar-refractivity contribution >= 4 is 34.2 Å². The molecule has 4 N–H and O–H groups in total. The van der Waals surface area contributed by atoms with Crippen LogP contribution in [0.2, 0.25) is 0 Å². The third kappa shape index (κ3) is 7.00. The summed E-state index contributed by atoms with van der Waals surface area (Å²) in [6, 6.07) is 31.4. The van der Waals surface area contributed by atoms with Gasteiger partial charge in [0.05, 0.1) is 57.6 Å². The largest absolute Gasteiger partial charge is 0.508 e. The summed E-state index contributed by atoms with van der Waals surface area (Å²) in [6.07, 6.45) is 5.25. The summed E-state index contributed by atoms with van der Waals surface area (Å²) in [5, 5.41) is 30.0. The van der Waals surface area contributed by atoms with Gasteiger partial charge in [-0.2, -0.15) is 0 Å². The molecule has 2 aliphatic rings. The molecule has 8 rings (SSSR count). The maximum absolute atomic E-state index is 11.3. The standard InChI is InChI=1S/C45H42N6O2/c1-26-17-38-40(19-28(26)3)50-42(34-9-5-7-15-46-34)24-36(48-38)32-22-30(11-13-44(32)52)21-31-12-14-45(53)33(23-31)37-25-43(35-10-6-8-16-47-35)51-41-20-29(4)27(2)18-39(41)49-37/h5-20,22-23,36-37,48-49,52-53H,21,24-25H2,1-4H3. The Labute approximate surface area is 310 Å². The van der Waals surface area contributed by atoms with Crippen LogP contribution in [0, 0.1) is 27.7 Å². The molecule has 0 amide bonds. The predicted octanol–water partition coefficient (Wildman–Crippen LogP) is 10.1. The van der Waals surface area contributed by atoms with Gasteiger partial charge in [0.2, 0.25) is 0 Å². The first kappa shape index (κ1) is 33.8. The lowest BCUT2D eigenvalue weighted by Crippen LogP contribution is -2.16. The normalized spacial score (nSPS) is 16.5. The van der Waals surface area contributed by atoms with E-state index in [4.69, 9.17) is 9.98 Å². The number of aromatic hydroxyl groups is 2. The van der Waals surface area contributed by atoms with E-state index >= 15 is 0 Å². The van der Waals surface area contributed by atoms with Crippen molar-refractivity contribution in [2.24, 2.45) is 9.98 Å². The highest BCUT2D eigenvalue weighted by molar-refractivity contribution is 6.03. The molecule has 53 heavy (non-hydrogen) atoms. The minimum absolute atomic E-state index is 0.221. The van der Waals surface area contributed by atoms with Crippen LogP contribution in [0.25, 0.3) is 0 Å². The Kier molecular flexibility index (Phi) is 8.96. The minimum Gasteiger partial charge on any atom is -0.508 e. The van der Waals surface area contributed by atoms with Gasteiger partial charge in [0.1, 0.15) is 11.5 Å². The molecule has 0 fully saturated rings. The van der Waals surface area contributed by atoms with E-state index in [9.17, 15) is 10.2 Å². The summed E-state index contributed by atoms with van der Waals surface area (Å²) in [7, 11) is 0. The summed E-state index contributed by atoms with van der Waals surface area (Å²) in [6.45, 7) is 8.39. The van der Waals surface area contributed by atoms with Crippen LogP contribution in [0.15, 0.2) is 119 Å². The summed E-state index contributed by atoms with van der Waals surface area (Å²) >= 11 is 0. The molecular formula is C45H42N6O2. The summed E-state index contributed by atoms with van der Waals surface area (Å²) in [4.78, 5) is 19.4. The SMILES string of the molecule is Cc1cc2c(cc1C)NC(c1cc(Cc3ccc(O)c(C4CC(c5ccccn5)=Nc5cc(C)c(C)cc5N4)c3)ccc1O)CC(c1ccccn1)=N2. The number of phenols is 2.